The fourth-order valence-electron chi connectivity index (χ4n) is 1.24. The zero-order chi connectivity index (χ0) is 10.7. The second-order valence-electron chi connectivity index (χ2n) is 2.78. The van der Waals surface area contributed by atoms with Crippen LogP contribution in [0.15, 0.2) is 6.20 Å². The molecule has 0 radical (unpaired) electrons. The van der Waals surface area contributed by atoms with Crippen LogP contribution in [-0.4, -0.2) is 4.98 Å². The van der Waals surface area contributed by atoms with E-state index in [9.17, 15) is 8.78 Å². The van der Waals surface area contributed by atoms with Crippen molar-refractivity contribution in [3.05, 3.63) is 28.6 Å². The van der Waals surface area contributed by atoms with Crippen molar-refractivity contribution in [1.29, 1.82) is 5.26 Å². The molecule has 1 aromatic heterocycles. The summed E-state index contributed by atoms with van der Waals surface area (Å²) in [5.74, 6) is 0. The number of pyridine rings is 1. The van der Waals surface area contributed by atoms with E-state index in [4.69, 9.17) is 11.0 Å². The van der Waals surface area contributed by atoms with Crippen LogP contribution in [0.1, 0.15) is 28.8 Å². The Hall–Kier alpha value is -1.54. The van der Waals surface area contributed by atoms with Crippen LogP contribution in [0.2, 0.25) is 0 Å². The van der Waals surface area contributed by atoms with Crippen LogP contribution in [0, 0.1) is 18.3 Å². The van der Waals surface area contributed by atoms with Gasteiger partial charge in [0.05, 0.1) is 0 Å². The van der Waals surface area contributed by atoms with Crippen molar-refractivity contribution < 1.29 is 8.78 Å². The Morgan fingerprint density at radius 2 is 2.29 bits per heavy atom. The monoisotopic (exact) mass is 197 g/mol. The van der Waals surface area contributed by atoms with Crippen molar-refractivity contribution in [2.24, 2.45) is 5.73 Å². The van der Waals surface area contributed by atoms with Gasteiger partial charge in [-0.05, 0) is 18.1 Å². The summed E-state index contributed by atoms with van der Waals surface area (Å²) < 4.78 is 24.9. The molecular weight excluding hydrogens is 188 g/mol. The molecule has 3 nitrogen and oxygen atoms in total. The van der Waals surface area contributed by atoms with E-state index in [0.29, 0.717) is 11.1 Å². The lowest BCUT2D eigenvalue weighted by atomic mass is 10.0. The third-order valence-electron chi connectivity index (χ3n) is 2.03. The zero-order valence-electron chi connectivity index (χ0n) is 7.59. The van der Waals surface area contributed by atoms with E-state index < -0.39 is 6.43 Å². The molecule has 1 rings (SSSR count). The molecule has 0 atom stereocenters. The van der Waals surface area contributed by atoms with Crippen LogP contribution in [-0.2, 0) is 6.54 Å². The molecule has 14 heavy (non-hydrogen) atoms. The molecule has 0 amide bonds. The topological polar surface area (TPSA) is 62.7 Å². The standard InChI is InChI=1S/C9H9F2N3/c1-5-6(2-12)7(9(10)11)4-14-8(5)3-13/h4,9H,2,12H2,1H3. The van der Waals surface area contributed by atoms with Crippen LogP contribution in [0.3, 0.4) is 0 Å². The lowest BCUT2D eigenvalue weighted by Crippen LogP contribution is -2.07. The molecule has 74 valence electrons. The van der Waals surface area contributed by atoms with Crippen LogP contribution in [0.4, 0.5) is 8.78 Å². The Balaban J connectivity index is 3.38. The molecule has 0 saturated heterocycles. The maximum Gasteiger partial charge on any atom is 0.265 e. The van der Waals surface area contributed by atoms with Crippen molar-refractivity contribution in [1.82, 2.24) is 4.98 Å². The van der Waals surface area contributed by atoms with Crippen LogP contribution in [0.25, 0.3) is 0 Å². The number of aromatic nitrogens is 1. The van der Waals surface area contributed by atoms with Crippen LogP contribution >= 0.6 is 0 Å². The number of nitriles is 1. The maximum absolute atomic E-state index is 12.5. The van der Waals surface area contributed by atoms with Gasteiger partial charge in [0, 0.05) is 18.3 Å². The molecule has 0 aliphatic rings. The van der Waals surface area contributed by atoms with Gasteiger partial charge in [0.1, 0.15) is 11.8 Å². The Morgan fingerprint density at radius 1 is 1.64 bits per heavy atom. The fourth-order valence-corrected chi connectivity index (χ4v) is 1.24. The molecular formula is C9H9F2N3. The Labute approximate surface area is 80.2 Å². The first-order valence-electron chi connectivity index (χ1n) is 3.98. The van der Waals surface area contributed by atoms with Gasteiger partial charge >= 0.3 is 0 Å². The van der Waals surface area contributed by atoms with Gasteiger partial charge in [0.15, 0.2) is 0 Å². The third-order valence-corrected chi connectivity index (χ3v) is 2.03. The maximum atomic E-state index is 12.5. The van der Waals surface area contributed by atoms with E-state index in [-0.39, 0.29) is 17.8 Å². The molecule has 0 spiro atoms. The molecule has 0 aromatic carbocycles. The highest BCUT2D eigenvalue weighted by molar-refractivity contribution is 5.41. The smallest absolute Gasteiger partial charge is 0.265 e. The molecule has 0 unspecified atom stereocenters. The molecule has 0 fully saturated rings. The first-order chi connectivity index (χ1) is 6.61. The van der Waals surface area contributed by atoms with E-state index in [1.54, 1.807) is 6.92 Å². The number of hydrogen-bond acceptors (Lipinski definition) is 3. The van der Waals surface area contributed by atoms with Crippen molar-refractivity contribution in [3.63, 3.8) is 0 Å². The lowest BCUT2D eigenvalue weighted by Gasteiger charge is -2.10. The van der Waals surface area contributed by atoms with Gasteiger partial charge in [-0.1, -0.05) is 0 Å². The summed E-state index contributed by atoms with van der Waals surface area (Å²) in [6.45, 7) is 1.56. The molecule has 2 N–H and O–H groups in total. The highest BCUT2D eigenvalue weighted by Crippen LogP contribution is 2.25. The van der Waals surface area contributed by atoms with Crippen molar-refractivity contribution in [2.75, 3.05) is 0 Å². The summed E-state index contributed by atoms with van der Waals surface area (Å²) in [5, 5.41) is 8.63. The minimum atomic E-state index is -2.60. The van der Waals surface area contributed by atoms with Gasteiger partial charge in [0.25, 0.3) is 6.43 Å². The summed E-state index contributed by atoms with van der Waals surface area (Å²) in [7, 11) is 0. The molecule has 1 heterocycles. The van der Waals surface area contributed by atoms with Gasteiger partial charge in [0.2, 0.25) is 0 Å². The zero-order valence-corrected chi connectivity index (χ0v) is 7.59. The summed E-state index contributed by atoms with van der Waals surface area (Å²) in [6.07, 6.45) is -1.59. The molecule has 0 saturated carbocycles. The van der Waals surface area contributed by atoms with E-state index in [1.165, 1.54) is 0 Å². The number of hydrogen-bond donors (Lipinski definition) is 1. The van der Waals surface area contributed by atoms with Gasteiger partial charge < -0.3 is 5.73 Å². The summed E-state index contributed by atoms with van der Waals surface area (Å²) >= 11 is 0. The second kappa shape index (κ2) is 4.11. The molecule has 1 aromatic rings. The second-order valence-corrected chi connectivity index (χ2v) is 2.78. The Bertz CT molecular complexity index is 382. The van der Waals surface area contributed by atoms with Gasteiger partial charge in [-0.3, -0.25) is 0 Å². The lowest BCUT2D eigenvalue weighted by molar-refractivity contribution is 0.149. The fraction of sp³-hybridized carbons (Fsp3) is 0.333. The minimum absolute atomic E-state index is 0.0112. The van der Waals surface area contributed by atoms with Crippen molar-refractivity contribution >= 4 is 0 Å². The third kappa shape index (κ3) is 1.70. The Kier molecular flexibility index (Phi) is 3.10. The Morgan fingerprint density at radius 3 is 2.71 bits per heavy atom. The van der Waals surface area contributed by atoms with E-state index in [2.05, 4.69) is 4.98 Å². The summed E-state index contributed by atoms with van der Waals surface area (Å²) in [5.41, 5.74) is 6.05. The first-order valence-corrected chi connectivity index (χ1v) is 3.98. The average molecular weight is 197 g/mol. The summed E-state index contributed by atoms with van der Waals surface area (Å²) in [4.78, 5) is 3.63. The van der Waals surface area contributed by atoms with E-state index in [1.807, 2.05) is 6.07 Å². The number of rotatable bonds is 2. The predicted molar refractivity (Wildman–Crippen MR) is 46.5 cm³/mol. The average Bonchev–Trinajstić information content (AvgIpc) is 2.17. The molecule has 0 aliphatic carbocycles. The minimum Gasteiger partial charge on any atom is -0.326 e. The highest BCUT2D eigenvalue weighted by atomic mass is 19.3. The van der Waals surface area contributed by atoms with E-state index >= 15 is 0 Å². The molecule has 5 heteroatoms. The predicted octanol–water partition coefficient (Wildman–Crippen LogP) is 1.66. The van der Waals surface area contributed by atoms with Crippen LogP contribution in [0.5, 0.6) is 0 Å². The van der Waals surface area contributed by atoms with Crippen molar-refractivity contribution in [2.45, 2.75) is 19.9 Å². The highest BCUT2D eigenvalue weighted by Gasteiger charge is 2.16. The number of halogens is 2. The SMILES string of the molecule is Cc1c(C#N)ncc(C(F)F)c1CN. The van der Waals surface area contributed by atoms with Crippen LogP contribution < -0.4 is 5.73 Å². The number of alkyl halides is 2. The first kappa shape index (κ1) is 10.5. The number of nitrogens with two attached hydrogens (primary N) is 1. The number of nitrogens with zero attached hydrogens (tertiary/aromatic N) is 2. The quantitative estimate of drug-likeness (QED) is 0.784. The van der Waals surface area contributed by atoms with Gasteiger partial charge in [-0.25, -0.2) is 13.8 Å². The van der Waals surface area contributed by atoms with Gasteiger partial charge in [-0.15, -0.1) is 0 Å². The van der Waals surface area contributed by atoms with Crippen molar-refractivity contribution in [3.8, 4) is 6.07 Å². The van der Waals surface area contributed by atoms with Gasteiger partial charge in [-0.2, -0.15) is 5.26 Å². The molecule has 0 aliphatic heterocycles. The normalized spacial score (nSPS) is 10.3. The molecule has 0 bridgehead atoms. The summed E-state index contributed by atoms with van der Waals surface area (Å²) in [6, 6.07) is 1.82. The largest absolute Gasteiger partial charge is 0.326 e. The van der Waals surface area contributed by atoms with E-state index in [0.717, 1.165) is 6.20 Å².